The molecule has 3 heterocycles. The Morgan fingerprint density at radius 3 is 2.71 bits per heavy atom. The number of benzene rings is 2. The highest BCUT2D eigenvalue weighted by Crippen LogP contribution is 2.45. The molecule has 5 rings (SSSR count). The SMILES string of the molecule is COc1ccc([C@H]2N(C(=O)c3nc4ccc(C)cc4[nH]3)CCC[C@]23CCC(=O)N3)cc1. The maximum absolute atomic E-state index is 13.7. The monoisotopic (exact) mass is 418 g/mol. The highest BCUT2D eigenvalue weighted by molar-refractivity contribution is 5.95. The number of methoxy groups -OCH3 is 1. The van der Waals surface area contributed by atoms with E-state index in [1.807, 2.05) is 54.3 Å². The maximum Gasteiger partial charge on any atom is 0.290 e. The van der Waals surface area contributed by atoms with E-state index in [1.165, 1.54) is 0 Å². The molecular formula is C24H26N4O3. The molecule has 2 amide bonds. The van der Waals surface area contributed by atoms with Gasteiger partial charge in [0.15, 0.2) is 5.82 Å². The molecule has 1 spiro atoms. The molecule has 2 N–H and O–H groups in total. The van der Waals surface area contributed by atoms with Crippen molar-refractivity contribution < 1.29 is 14.3 Å². The molecule has 7 heteroatoms. The van der Waals surface area contributed by atoms with E-state index in [0.29, 0.717) is 25.2 Å². The van der Waals surface area contributed by atoms with Crippen LogP contribution in [0.25, 0.3) is 11.0 Å². The van der Waals surface area contributed by atoms with Crippen molar-refractivity contribution >= 4 is 22.8 Å². The van der Waals surface area contributed by atoms with Gasteiger partial charge in [-0.15, -0.1) is 0 Å². The van der Waals surface area contributed by atoms with Crippen molar-refractivity contribution in [3.8, 4) is 5.75 Å². The number of aromatic amines is 1. The fraction of sp³-hybridized carbons (Fsp3) is 0.375. The number of nitrogens with one attached hydrogen (secondary N) is 2. The van der Waals surface area contributed by atoms with Gasteiger partial charge in [0.1, 0.15) is 5.75 Å². The first-order valence-corrected chi connectivity index (χ1v) is 10.7. The number of hydrogen-bond acceptors (Lipinski definition) is 4. The minimum Gasteiger partial charge on any atom is -0.497 e. The minimum absolute atomic E-state index is 0.0482. The van der Waals surface area contributed by atoms with Crippen molar-refractivity contribution in [3.63, 3.8) is 0 Å². The molecular weight excluding hydrogens is 392 g/mol. The zero-order valence-electron chi connectivity index (χ0n) is 17.8. The van der Waals surface area contributed by atoms with Crippen LogP contribution >= 0.6 is 0 Å². The first-order valence-electron chi connectivity index (χ1n) is 10.7. The van der Waals surface area contributed by atoms with Crippen LogP contribution in [-0.4, -0.2) is 45.9 Å². The first kappa shape index (κ1) is 19.6. The van der Waals surface area contributed by atoms with Crippen molar-refractivity contribution in [1.29, 1.82) is 0 Å². The van der Waals surface area contributed by atoms with E-state index in [9.17, 15) is 9.59 Å². The first-order chi connectivity index (χ1) is 15.0. The molecule has 0 unspecified atom stereocenters. The van der Waals surface area contributed by atoms with E-state index in [1.54, 1.807) is 7.11 Å². The number of piperidine rings is 1. The van der Waals surface area contributed by atoms with E-state index < -0.39 is 5.54 Å². The fourth-order valence-electron chi connectivity index (χ4n) is 5.13. The lowest BCUT2D eigenvalue weighted by Gasteiger charge is -2.48. The zero-order chi connectivity index (χ0) is 21.6. The number of imidazole rings is 1. The molecule has 3 aromatic rings. The van der Waals surface area contributed by atoms with E-state index in [2.05, 4.69) is 15.3 Å². The quantitative estimate of drug-likeness (QED) is 0.681. The standard InChI is InChI=1S/C24H26N4O3/c1-15-4-9-18-19(14-15)26-22(25-18)23(30)28-13-3-11-24(12-10-20(29)27-24)21(28)16-5-7-17(31-2)8-6-16/h4-9,14,21H,3,10-13H2,1-2H3,(H,25,26)(H,27,29)/t21-,24+/m1/s1. The molecule has 31 heavy (non-hydrogen) atoms. The van der Waals surface area contributed by atoms with Crippen LogP contribution in [0.4, 0.5) is 0 Å². The van der Waals surface area contributed by atoms with Crippen LogP contribution in [-0.2, 0) is 4.79 Å². The summed E-state index contributed by atoms with van der Waals surface area (Å²) >= 11 is 0. The second kappa shape index (κ2) is 7.41. The second-order valence-corrected chi connectivity index (χ2v) is 8.59. The van der Waals surface area contributed by atoms with E-state index in [-0.39, 0.29) is 17.9 Å². The Morgan fingerprint density at radius 2 is 2.00 bits per heavy atom. The average Bonchev–Trinajstić information content (AvgIpc) is 3.36. The lowest BCUT2D eigenvalue weighted by atomic mass is 9.76. The Bertz CT molecular complexity index is 1150. The number of ether oxygens (including phenoxy) is 1. The van der Waals surface area contributed by atoms with E-state index >= 15 is 0 Å². The van der Waals surface area contributed by atoms with Crippen LogP contribution < -0.4 is 10.1 Å². The molecule has 0 radical (unpaired) electrons. The number of amides is 2. The van der Waals surface area contributed by atoms with Gasteiger partial charge in [-0.05, 0) is 61.6 Å². The van der Waals surface area contributed by atoms with Gasteiger partial charge in [-0.1, -0.05) is 18.2 Å². The topological polar surface area (TPSA) is 87.3 Å². The molecule has 2 aliphatic heterocycles. The number of fused-ring (bicyclic) bond motifs is 1. The lowest BCUT2D eigenvalue weighted by molar-refractivity contribution is -0.120. The molecule has 2 aliphatic rings. The van der Waals surface area contributed by atoms with Crippen LogP contribution in [0, 0.1) is 6.92 Å². The number of H-pyrrole nitrogens is 1. The third-order valence-corrected chi connectivity index (χ3v) is 6.58. The van der Waals surface area contributed by atoms with Gasteiger partial charge in [0.2, 0.25) is 5.91 Å². The number of likely N-dealkylation sites (tertiary alicyclic amines) is 1. The summed E-state index contributed by atoms with van der Waals surface area (Å²) in [5, 5.41) is 3.22. The predicted molar refractivity (Wildman–Crippen MR) is 117 cm³/mol. The molecule has 1 aromatic heterocycles. The average molecular weight is 418 g/mol. The molecule has 2 atom stereocenters. The predicted octanol–water partition coefficient (Wildman–Crippen LogP) is 3.51. The van der Waals surface area contributed by atoms with Crippen molar-refractivity contribution in [3.05, 3.63) is 59.4 Å². The van der Waals surface area contributed by atoms with Crippen molar-refractivity contribution in [2.75, 3.05) is 13.7 Å². The van der Waals surface area contributed by atoms with Gasteiger partial charge < -0.3 is 19.9 Å². The van der Waals surface area contributed by atoms with Gasteiger partial charge in [0.25, 0.3) is 5.91 Å². The molecule has 0 bridgehead atoms. The molecule has 2 saturated heterocycles. The summed E-state index contributed by atoms with van der Waals surface area (Å²) in [6.45, 7) is 2.63. The summed E-state index contributed by atoms with van der Waals surface area (Å²) in [6, 6.07) is 13.4. The summed E-state index contributed by atoms with van der Waals surface area (Å²) in [6.07, 6.45) is 2.88. The van der Waals surface area contributed by atoms with Crippen LogP contribution in [0.2, 0.25) is 0 Å². The van der Waals surface area contributed by atoms with Gasteiger partial charge in [0, 0.05) is 13.0 Å². The van der Waals surface area contributed by atoms with E-state index in [4.69, 9.17) is 4.74 Å². The van der Waals surface area contributed by atoms with Crippen LogP contribution in [0.1, 0.15) is 53.5 Å². The van der Waals surface area contributed by atoms with Gasteiger partial charge in [-0.25, -0.2) is 4.98 Å². The number of carbonyl (C=O) groups is 2. The smallest absolute Gasteiger partial charge is 0.290 e. The third-order valence-electron chi connectivity index (χ3n) is 6.58. The number of rotatable bonds is 3. The Hall–Kier alpha value is -3.35. The lowest BCUT2D eigenvalue weighted by Crippen LogP contribution is -2.58. The highest BCUT2D eigenvalue weighted by Gasteiger charge is 2.51. The number of aromatic nitrogens is 2. The van der Waals surface area contributed by atoms with Gasteiger partial charge >= 0.3 is 0 Å². The number of nitrogens with zero attached hydrogens (tertiary/aromatic N) is 2. The fourth-order valence-corrected chi connectivity index (χ4v) is 5.13. The third kappa shape index (κ3) is 3.34. The van der Waals surface area contributed by atoms with Gasteiger partial charge in [-0.2, -0.15) is 0 Å². The van der Waals surface area contributed by atoms with Gasteiger partial charge in [0.05, 0.1) is 29.7 Å². The van der Waals surface area contributed by atoms with E-state index in [0.717, 1.165) is 40.8 Å². The summed E-state index contributed by atoms with van der Waals surface area (Å²) in [5.41, 5.74) is 3.27. The molecule has 2 fully saturated rings. The van der Waals surface area contributed by atoms with Crippen LogP contribution in [0.15, 0.2) is 42.5 Å². The van der Waals surface area contributed by atoms with Gasteiger partial charge in [-0.3, -0.25) is 9.59 Å². The molecule has 160 valence electrons. The summed E-state index contributed by atoms with van der Waals surface area (Å²) in [4.78, 5) is 35.6. The van der Waals surface area contributed by atoms with Crippen molar-refractivity contribution in [1.82, 2.24) is 20.2 Å². The summed E-state index contributed by atoms with van der Waals surface area (Å²) < 4.78 is 5.31. The highest BCUT2D eigenvalue weighted by atomic mass is 16.5. The Morgan fingerprint density at radius 1 is 1.19 bits per heavy atom. The number of aryl methyl sites for hydroxylation is 1. The molecule has 0 aliphatic carbocycles. The van der Waals surface area contributed by atoms with Crippen LogP contribution in [0.5, 0.6) is 5.75 Å². The van der Waals surface area contributed by atoms with Crippen LogP contribution in [0.3, 0.4) is 0 Å². The van der Waals surface area contributed by atoms with Crippen molar-refractivity contribution in [2.45, 2.75) is 44.2 Å². The number of hydrogen-bond donors (Lipinski definition) is 2. The normalized spacial score (nSPS) is 23.4. The summed E-state index contributed by atoms with van der Waals surface area (Å²) in [7, 11) is 1.63. The summed E-state index contributed by atoms with van der Waals surface area (Å²) in [5.74, 6) is 0.997. The zero-order valence-corrected chi connectivity index (χ0v) is 17.8. The Balaban J connectivity index is 1.56. The molecule has 7 nitrogen and oxygen atoms in total. The Kier molecular flexibility index (Phi) is 4.68. The maximum atomic E-state index is 13.7. The molecule has 2 aromatic carbocycles. The molecule has 0 saturated carbocycles. The minimum atomic E-state index is -0.456. The number of carbonyl (C=O) groups excluding carboxylic acids is 2. The Labute approximate surface area is 180 Å². The van der Waals surface area contributed by atoms with Crippen molar-refractivity contribution in [2.24, 2.45) is 0 Å². The second-order valence-electron chi connectivity index (χ2n) is 8.59. The largest absolute Gasteiger partial charge is 0.497 e.